The summed E-state index contributed by atoms with van der Waals surface area (Å²) < 4.78 is 45.5. The van der Waals surface area contributed by atoms with E-state index in [1.54, 1.807) is 19.1 Å². The summed E-state index contributed by atoms with van der Waals surface area (Å²) in [6, 6.07) is 12.7. The highest BCUT2D eigenvalue weighted by molar-refractivity contribution is 6.05. The number of piperidine rings is 1. The molecular formula is C28H29F3N6O2. The fraction of sp³-hybridized carbons (Fsp3) is 0.393. The quantitative estimate of drug-likeness (QED) is 0.510. The highest BCUT2D eigenvalue weighted by Gasteiger charge is 2.30. The topological polar surface area (TPSA) is 86.4 Å². The summed E-state index contributed by atoms with van der Waals surface area (Å²) in [4.78, 5) is 17.7. The van der Waals surface area contributed by atoms with Gasteiger partial charge in [-0.1, -0.05) is 0 Å². The van der Waals surface area contributed by atoms with E-state index in [-0.39, 0.29) is 5.56 Å². The lowest BCUT2D eigenvalue weighted by Crippen LogP contribution is -2.49. The van der Waals surface area contributed by atoms with Gasteiger partial charge in [0.15, 0.2) is 0 Å². The first-order valence-corrected chi connectivity index (χ1v) is 12.9. The van der Waals surface area contributed by atoms with Crippen molar-refractivity contribution in [2.24, 2.45) is 0 Å². The van der Waals surface area contributed by atoms with Gasteiger partial charge >= 0.3 is 6.18 Å². The Labute approximate surface area is 224 Å². The molecule has 2 fully saturated rings. The lowest BCUT2D eigenvalue weighted by Gasteiger charge is -2.41. The van der Waals surface area contributed by atoms with Crippen LogP contribution in [0.1, 0.15) is 40.0 Å². The zero-order chi connectivity index (χ0) is 27.6. The second kappa shape index (κ2) is 11.1. The summed E-state index contributed by atoms with van der Waals surface area (Å²) in [6.07, 6.45) is -1.02. The molecular weight excluding hydrogens is 509 g/mol. The third kappa shape index (κ3) is 5.77. The number of hydrogen-bond acceptors (Lipinski definition) is 6. The summed E-state index contributed by atoms with van der Waals surface area (Å²) in [5.74, 6) is -0.423. The number of anilines is 2. The molecule has 2 aromatic carbocycles. The fourth-order valence-corrected chi connectivity index (χ4v) is 5.28. The molecule has 39 heavy (non-hydrogen) atoms. The number of benzene rings is 2. The number of nitrogens with one attached hydrogen (secondary N) is 1. The fourth-order valence-electron chi connectivity index (χ4n) is 5.28. The van der Waals surface area contributed by atoms with E-state index in [0.29, 0.717) is 28.7 Å². The Morgan fingerprint density at radius 2 is 1.77 bits per heavy atom. The van der Waals surface area contributed by atoms with Crippen LogP contribution in [0.2, 0.25) is 0 Å². The summed E-state index contributed by atoms with van der Waals surface area (Å²) in [7, 11) is 0. The predicted octanol–water partition coefficient (Wildman–Crippen LogP) is 4.62. The van der Waals surface area contributed by atoms with E-state index in [4.69, 9.17) is 4.74 Å². The van der Waals surface area contributed by atoms with Crippen molar-refractivity contribution in [2.45, 2.75) is 32.0 Å². The van der Waals surface area contributed by atoms with Crippen LogP contribution in [0.15, 0.2) is 48.7 Å². The van der Waals surface area contributed by atoms with Crippen molar-refractivity contribution in [2.75, 3.05) is 49.6 Å². The number of alkyl halides is 3. The molecule has 2 saturated heterocycles. The maximum atomic E-state index is 13.0. The highest BCUT2D eigenvalue weighted by atomic mass is 19.4. The molecule has 1 amide bonds. The third-order valence-electron chi connectivity index (χ3n) is 7.44. The van der Waals surface area contributed by atoms with E-state index in [1.807, 2.05) is 6.07 Å². The van der Waals surface area contributed by atoms with Gasteiger partial charge in [0.05, 0.1) is 53.2 Å². The largest absolute Gasteiger partial charge is 0.416 e. The highest BCUT2D eigenvalue weighted by Crippen LogP contribution is 2.31. The molecule has 5 rings (SSSR count). The van der Waals surface area contributed by atoms with Gasteiger partial charge in [0.1, 0.15) is 6.07 Å². The van der Waals surface area contributed by atoms with Gasteiger partial charge in [-0.25, -0.2) is 4.68 Å². The van der Waals surface area contributed by atoms with Crippen LogP contribution in [-0.2, 0) is 10.9 Å². The Bertz CT molecular complexity index is 1370. The summed E-state index contributed by atoms with van der Waals surface area (Å²) in [6.45, 7) is 6.86. The molecule has 204 valence electrons. The number of nitrogens with zero attached hydrogens (tertiary/aromatic N) is 5. The smallest absolute Gasteiger partial charge is 0.379 e. The van der Waals surface area contributed by atoms with Crippen LogP contribution in [0.4, 0.5) is 24.5 Å². The minimum Gasteiger partial charge on any atom is -0.379 e. The predicted molar refractivity (Wildman–Crippen MR) is 140 cm³/mol. The number of nitriles is 1. The second-order valence-corrected chi connectivity index (χ2v) is 9.76. The van der Waals surface area contributed by atoms with Crippen molar-refractivity contribution in [3.8, 4) is 11.8 Å². The van der Waals surface area contributed by atoms with Gasteiger partial charge in [0.25, 0.3) is 5.91 Å². The van der Waals surface area contributed by atoms with Crippen molar-refractivity contribution >= 4 is 17.3 Å². The van der Waals surface area contributed by atoms with Gasteiger partial charge in [-0.05, 0) is 62.2 Å². The van der Waals surface area contributed by atoms with Crippen molar-refractivity contribution < 1.29 is 22.7 Å². The maximum Gasteiger partial charge on any atom is 0.416 e. The van der Waals surface area contributed by atoms with E-state index in [9.17, 15) is 23.2 Å². The van der Waals surface area contributed by atoms with Gasteiger partial charge in [0, 0.05) is 37.9 Å². The molecule has 0 unspecified atom stereocenters. The standard InChI is InChI=1S/C28H29F3N6O2/c1-19-25(18-33-37(19)24-5-2-21(3-6-24)28(29,30)31)27(38)34-22-4-7-26(20(16-22)17-32)36-10-8-23(9-11-36)35-12-14-39-15-13-35/h2-7,16,18,23H,8-15H2,1H3,(H,34,38). The number of amides is 1. The number of rotatable bonds is 5. The lowest BCUT2D eigenvalue weighted by atomic mass is 10.0. The van der Waals surface area contributed by atoms with Gasteiger partial charge in [-0.3, -0.25) is 9.69 Å². The normalized spacial score (nSPS) is 17.2. The first-order valence-electron chi connectivity index (χ1n) is 12.9. The first kappa shape index (κ1) is 26.7. The van der Waals surface area contributed by atoms with Crippen molar-refractivity contribution in [1.82, 2.24) is 14.7 Å². The Kier molecular flexibility index (Phi) is 7.59. The molecule has 3 heterocycles. The molecule has 0 bridgehead atoms. The summed E-state index contributed by atoms with van der Waals surface area (Å²) in [5.41, 5.74) is 2.22. The van der Waals surface area contributed by atoms with Gasteiger partial charge in [0.2, 0.25) is 0 Å². The Hall–Kier alpha value is -3.88. The Balaban J connectivity index is 1.25. The average molecular weight is 539 g/mol. The van der Waals surface area contributed by atoms with E-state index in [2.05, 4.69) is 26.3 Å². The van der Waals surface area contributed by atoms with E-state index < -0.39 is 17.6 Å². The average Bonchev–Trinajstić information content (AvgIpc) is 3.34. The number of ether oxygens (including phenoxy) is 1. The third-order valence-corrected chi connectivity index (χ3v) is 7.44. The van der Waals surface area contributed by atoms with Crippen molar-refractivity contribution in [3.05, 3.63) is 71.0 Å². The Morgan fingerprint density at radius 3 is 2.41 bits per heavy atom. The molecule has 2 aliphatic heterocycles. The van der Waals surface area contributed by atoms with E-state index in [1.165, 1.54) is 23.0 Å². The van der Waals surface area contributed by atoms with Crippen LogP contribution in [0.5, 0.6) is 0 Å². The van der Waals surface area contributed by atoms with Gasteiger partial charge in [-0.15, -0.1) is 0 Å². The zero-order valence-electron chi connectivity index (χ0n) is 21.5. The SMILES string of the molecule is Cc1c(C(=O)Nc2ccc(N3CCC(N4CCOCC4)CC3)c(C#N)c2)cnn1-c1ccc(C(F)(F)F)cc1. The summed E-state index contributed by atoms with van der Waals surface area (Å²) >= 11 is 0. The van der Waals surface area contributed by atoms with Crippen molar-refractivity contribution in [1.29, 1.82) is 5.26 Å². The van der Waals surface area contributed by atoms with Gasteiger partial charge < -0.3 is 15.0 Å². The monoisotopic (exact) mass is 538 g/mol. The van der Waals surface area contributed by atoms with Crippen LogP contribution < -0.4 is 10.2 Å². The molecule has 0 saturated carbocycles. The van der Waals surface area contributed by atoms with E-state index in [0.717, 1.165) is 70.1 Å². The molecule has 11 heteroatoms. The van der Waals surface area contributed by atoms with Crippen LogP contribution in [0, 0.1) is 18.3 Å². The number of carbonyl (C=O) groups is 1. The van der Waals surface area contributed by atoms with Crippen LogP contribution in [-0.4, -0.2) is 66.0 Å². The molecule has 1 N–H and O–H groups in total. The molecule has 8 nitrogen and oxygen atoms in total. The van der Waals surface area contributed by atoms with E-state index >= 15 is 0 Å². The molecule has 2 aliphatic rings. The molecule has 0 aliphatic carbocycles. The number of halogens is 3. The number of carbonyl (C=O) groups excluding carboxylic acids is 1. The Morgan fingerprint density at radius 1 is 1.08 bits per heavy atom. The minimum absolute atomic E-state index is 0.280. The lowest BCUT2D eigenvalue weighted by molar-refractivity contribution is -0.137. The molecule has 0 atom stereocenters. The zero-order valence-corrected chi connectivity index (χ0v) is 21.5. The maximum absolute atomic E-state index is 13.0. The van der Waals surface area contributed by atoms with Crippen LogP contribution >= 0.6 is 0 Å². The van der Waals surface area contributed by atoms with Crippen LogP contribution in [0.25, 0.3) is 5.69 Å². The second-order valence-electron chi connectivity index (χ2n) is 9.76. The molecule has 0 spiro atoms. The minimum atomic E-state index is -4.43. The van der Waals surface area contributed by atoms with Gasteiger partial charge in [-0.2, -0.15) is 23.5 Å². The number of aromatic nitrogens is 2. The number of hydrogen-bond donors (Lipinski definition) is 1. The summed E-state index contributed by atoms with van der Waals surface area (Å²) in [5, 5.41) is 16.8. The molecule has 1 aromatic heterocycles. The number of morpholine rings is 1. The van der Waals surface area contributed by atoms with Crippen LogP contribution in [0.3, 0.4) is 0 Å². The molecule has 3 aromatic rings. The molecule has 0 radical (unpaired) electrons. The van der Waals surface area contributed by atoms with Crippen molar-refractivity contribution in [3.63, 3.8) is 0 Å². The first-order chi connectivity index (χ1) is 18.7.